The van der Waals surface area contributed by atoms with Gasteiger partial charge in [-0.3, -0.25) is 0 Å². The minimum atomic E-state index is 0.301. The molecule has 4 rings (SSSR count). The molecule has 1 fully saturated rings. The number of hydrogen-bond donors (Lipinski definition) is 2. The van der Waals surface area contributed by atoms with Crippen molar-refractivity contribution in [3.05, 3.63) is 47.5 Å². The van der Waals surface area contributed by atoms with Crippen LogP contribution < -0.4 is 11.1 Å². The van der Waals surface area contributed by atoms with Crippen LogP contribution >= 0.6 is 11.6 Å². The monoisotopic (exact) mass is 310 g/mol. The molecular formula is C17H15ClN4. The average molecular weight is 311 g/mol. The van der Waals surface area contributed by atoms with Crippen molar-refractivity contribution in [3.8, 4) is 11.1 Å². The second-order valence-corrected chi connectivity index (χ2v) is 6.02. The lowest BCUT2D eigenvalue weighted by molar-refractivity contribution is 1.11. The number of nitrogen functional groups attached to an aromatic ring is 1. The van der Waals surface area contributed by atoms with Gasteiger partial charge in [0, 0.05) is 16.5 Å². The molecule has 0 radical (unpaired) electrons. The summed E-state index contributed by atoms with van der Waals surface area (Å²) in [6, 6.07) is 14.4. The Labute approximate surface area is 133 Å². The van der Waals surface area contributed by atoms with Gasteiger partial charge in [0.1, 0.15) is 5.82 Å². The van der Waals surface area contributed by atoms with Gasteiger partial charge in [-0.1, -0.05) is 29.8 Å². The van der Waals surface area contributed by atoms with Gasteiger partial charge in [-0.05, 0) is 48.2 Å². The molecule has 4 nitrogen and oxygen atoms in total. The molecule has 0 spiro atoms. The summed E-state index contributed by atoms with van der Waals surface area (Å²) in [5.74, 6) is 1.12. The lowest BCUT2D eigenvalue weighted by Gasteiger charge is -2.10. The van der Waals surface area contributed by atoms with Gasteiger partial charge in [0.15, 0.2) is 0 Å². The molecule has 3 aromatic rings. The van der Waals surface area contributed by atoms with Crippen molar-refractivity contribution < 1.29 is 0 Å². The summed E-state index contributed by atoms with van der Waals surface area (Å²) < 4.78 is 0. The molecule has 1 aliphatic carbocycles. The van der Waals surface area contributed by atoms with E-state index >= 15 is 0 Å². The van der Waals surface area contributed by atoms with Crippen molar-refractivity contribution >= 4 is 34.3 Å². The minimum Gasteiger partial charge on any atom is -0.368 e. The number of rotatable bonds is 3. The summed E-state index contributed by atoms with van der Waals surface area (Å²) in [4.78, 5) is 8.68. The highest BCUT2D eigenvalue weighted by Crippen LogP contribution is 2.31. The standard InChI is InChI=1S/C17H15ClN4/c18-12-4-1-10(2-5-12)11-3-8-15-14(9-11)16(20-13-6-7-13)22-17(19)21-15/h1-5,8-9,13H,6-7H2,(H3,19,20,21,22). The average Bonchev–Trinajstić information content (AvgIpc) is 3.32. The van der Waals surface area contributed by atoms with E-state index in [-0.39, 0.29) is 0 Å². The number of fused-ring (bicyclic) bond motifs is 1. The number of benzene rings is 2. The van der Waals surface area contributed by atoms with Gasteiger partial charge in [-0.2, -0.15) is 4.98 Å². The van der Waals surface area contributed by atoms with Crippen LogP contribution in [0.1, 0.15) is 12.8 Å². The van der Waals surface area contributed by atoms with Crippen molar-refractivity contribution in [1.29, 1.82) is 0 Å². The maximum Gasteiger partial charge on any atom is 0.222 e. The molecule has 3 N–H and O–H groups in total. The third-order valence-corrected chi connectivity index (χ3v) is 4.06. The second-order valence-electron chi connectivity index (χ2n) is 5.59. The maximum atomic E-state index is 5.96. The predicted octanol–water partition coefficient (Wildman–Crippen LogP) is 4.11. The SMILES string of the molecule is Nc1nc(NC2CC2)c2cc(-c3ccc(Cl)cc3)ccc2n1. The fourth-order valence-corrected chi connectivity index (χ4v) is 2.63. The Kier molecular flexibility index (Phi) is 3.12. The molecule has 22 heavy (non-hydrogen) atoms. The number of hydrogen-bond acceptors (Lipinski definition) is 4. The molecule has 1 aliphatic rings. The van der Waals surface area contributed by atoms with Crippen LogP contribution in [0, 0.1) is 0 Å². The van der Waals surface area contributed by atoms with Gasteiger partial charge >= 0.3 is 0 Å². The summed E-state index contributed by atoms with van der Waals surface area (Å²) in [6.45, 7) is 0. The molecule has 2 aromatic carbocycles. The van der Waals surface area contributed by atoms with Crippen LogP contribution in [0.2, 0.25) is 5.02 Å². The number of halogens is 1. The zero-order valence-electron chi connectivity index (χ0n) is 11.9. The van der Waals surface area contributed by atoms with Crippen LogP contribution in [0.25, 0.3) is 22.0 Å². The van der Waals surface area contributed by atoms with E-state index in [1.807, 2.05) is 36.4 Å². The molecule has 1 aromatic heterocycles. The van der Waals surface area contributed by atoms with Crippen molar-refractivity contribution in [2.24, 2.45) is 0 Å². The Morgan fingerprint density at radius 1 is 1.00 bits per heavy atom. The Balaban J connectivity index is 1.84. The minimum absolute atomic E-state index is 0.301. The van der Waals surface area contributed by atoms with E-state index in [1.165, 1.54) is 12.8 Å². The first-order valence-corrected chi connectivity index (χ1v) is 7.66. The number of nitrogens with one attached hydrogen (secondary N) is 1. The molecule has 0 saturated heterocycles. The Morgan fingerprint density at radius 3 is 2.45 bits per heavy atom. The molecule has 0 amide bonds. The molecule has 1 saturated carbocycles. The van der Waals surface area contributed by atoms with E-state index in [0.717, 1.165) is 32.9 Å². The van der Waals surface area contributed by atoms with Crippen LogP contribution in [-0.4, -0.2) is 16.0 Å². The molecule has 0 unspecified atom stereocenters. The van der Waals surface area contributed by atoms with Crippen molar-refractivity contribution in [2.45, 2.75) is 18.9 Å². The summed E-state index contributed by atoms with van der Waals surface area (Å²) >= 11 is 5.96. The summed E-state index contributed by atoms with van der Waals surface area (Å²) in [6.07, 6.45) is 2.37. The van der Waals surface area contributed by atoms with Gasteiger partial charge in [-0.15, -0.1) is 0 Å². The number of anilines is 2. The van der Waals surface area contributed by atoms with E-state index in [2.05, 4.69) is 21.4 Å². The molecule has 0 atom stereocenters. The van der Waals surface area contributed by atoms with E-state index < -0.39 is 0 Å². The molecule has 0 aliphatic heterocycles. The van der Waals surface area contributed by atoms with Crippen LogP contribution in [0.15, 0.2) is 42.5 Å². The lowest BCUT2D eigenvalue weighted by Crippen LogP contribution is -2.06. The lowest BCUT2D eigenvalue weighted by atomic mass is 10.0. The Hall–Kier alpha value is -2.33. The van der Waals surface area contributed by atoms with Crippen LogP contribution in [0.3, 0.4) is 0 Å². The highest BCUT2D eigenvalue weighted by atomic mass is 35.5. The first-order chi connectivity index (χ1) is 10.7. The van der Waals surface area contributed by atoms with E-state index in [9.17, 15) is 0 Å². The van der Waals surface area contributed by atoms with Crippen molar-refractivity contribution in [1.82, 2.24) is 9.97 Å². The van der Waals surface area contributed by atoms with Crippen LogP contribution in [0.4, 0.5) is 11.8 Å². The zero-order valence-corrected chi connectivity index (χ0v) is 12.6. The van der Waals surface area contributed by atoms with E-state index in [4.69, 9.17) is 17.3 Å². The van der Waals surface area contributed by atoms with Crippen LogP contribution in [0.5, 0.6) is 0 Å². The summed E-state index contributed by atoms with van der Waals surface area (Å²) in [5, 5.41) is 5.16. The quantitative estimate of drug-likeness (QED) is 0.764. The van der Waals surface area contributed by atoms with E-state index in [1.54, 1.807) is 0 Å². The van der Waals surface area contributed by atoms with E-state index in [0.29, 0.717) is 12.0 Å². The number of aromatic nitrogens is 2. The first kappa shape index (κ1) is 13.3. The summed E-state index contributed by atoms with van der Waals surface area (Å²) in [7, 11) is 0. The normalized spacial score (nSPS) is 14.2. The third kappa shape index (κ3) is 2.57. The van der Waals surface area contributed by atoms with Crippen molar-refractivity contribution in [3.63, 3.8) is 0 Å². The first-order valence-electron chi connectivity index (χ1n) is 7.29. The summed E-state index contributed by atoms with van der Waals surface area (Å²) in [5.41, 5.74) is 8.88. The fraction of sp³-hybridized carbons (Fsp3) is 0.176. The van der Waals surface area contributed by atoms with Crippen molar-refractivity contribution in [2.75, 3.05) is 11.1 Å². The largest absolute Gasteiger partial charge is 0.368 e. The highest BCUT2D eigenvalue weighted by Gasteiger charge is 2.22. The number of nitrogens with zero attached hydrogens (tertiary/aromatic N) is 2. The molecule has 5 heteroatoms. The Morgan fingerprint density at radius 2 is 1.73 bits per heavy atom. The van der Waals surface area contributed by atoms with Gasteiger partial charge in [0.2, 0.25) is 5.95 Å². The zero-order chi connectivity index (χ0) is 15.1. The maximum absolute atomic E-state index is 5.96. The molecular weight excluding hydrogens is 296 g/mol. The molecule has 0 bridgehead atoms. The Bertz CT molecular complexity index is 841. The highest BCUT2D eigenvalue weighted by molar-refractivity contribution is 6.30. The molecule has 110 valence electrons. The van der Waals surface area contributed by atoms with Gasteiger partial charge in [0.05, 0.1) is 5.52 Å². The topological polar surface area (TPSA) is 63.8 Å². The van der Waals surface area contributed by atoms with Gasteiger partial charge in [0.25, 0.3) is 0 Å². The predicted molar refractivity (Wildman–Crippen MR) is 91.0 cm³/mol. The fourth-order valence-electron chi connectivity index (χ4n) is 2.50. The molecule has 1 heterocycles. The van der Waals surface area contributed by atoms with Crippen LogP contribution in [-0.2, 0) is 0 Å². The van der Waals surface area contributed by atoms with Gasteiger partial charge < -0.3 is 11.1 Å². The second kappa shape index (κ2) is 5.14. The van der Waals surface area contributed by atoms with Gasteiger partial charge in [-0.25, -0.2) is 4.98 Å². The smallest absolute Gasteiger partial charge is 0.222 e. The number of nitrogens with two attached hydrogens (primary N) is 1. The third-order valence-electron chi connectivity index (χ3n) is 3.81.